The summed E-state index contributed by atoms with van der Waals surface area (Å²) in [4.78, 5) is 10.8. The van der Waals surface area contributed by atoms with E-state index in [4.69, 9.17) is 4.74 Å². The number of ether oxygens (including phenoxy) is 1. The first-order valence-electron chi connectivity index (χ1n) is 6.07. The molecule has 0 spiro atoms. The molecule has 0 saturated carbocycles. The van der Waals surface area contributed by atoms with Gasteiger partial charge < -0.3 is 4.74 Å². The van der Waals surface area contributed by atoms with Crippen molar-refractivity contribution in [2.24, 2.45) is 0 Å². The second kappa shape index (κ2) is 4.94. The summed E-state index contributed by atoms with van der Waals surface area (Å²) >= 11 is 0. The molecule has 2 heteroatoms. The van der Waals surface area contributed by atoms with Crippen molar-refractivity contribution >= 4 is 17.2 Å². The highest BCUT2D eigenvalue weighted by Gasteiger charge is 2.10. The summed E-state index contributed by atoms with van der Waals surface area (Å²) < 4.78 is 5.22. The van der Waals surface area contributed by atoms with Crippen LogP contribution in [0.4, 0.5) is 0 Å². The number of carbonyl (C=O) groups is 1. The minimum Gasteiger partial charge on any atom is -0.427 e. The lowest BCUT2D eigenvalue weighted by Crippen LogP contribution is -1.93. The predicted molar refractivity (Wildman–Crippen MR) is 76.1 cm³/mol. The number of carbonyl (C=O) groups excluding carboxylic acids is 1. The molecule has 0 aromatic heterocycles. The molecule has 0 atom stereocenters. The summed E-state index contributed by atoms with van der Waals surface area (Å²) in [7, 11) is 0. The molecule has 0 amide bonds. The predicted octanol–water partition coefficient (Wildman–Crippen LogP) is 4.04. The van der Waals surface area contributed by atoms with Gasteiger partial charge in [0.15, 0.2) is 0 Å². The Kier molecular flexibility index (Phi) is 2.99. The maximum atomic E-state index is 10.8. The molecule has 3 rings (SSSR count). The Morgan fingerprint density at radius 3 is 2.32 bits per heavy atom. The average Bonchev–Trinajstić information content (AvgIpc) is 2.49. The smallest absolute Gasteiger partial charge is 0.298 e. The van der Waals surface area contributed by atoms with Gasteiger partial charge in [-0.25, -0.2) is 0 Å². The van der Waals surface area contributed by atoms with E-state index in [0.29, 0.717) is 12.2 Å². The SMILES string of the molecule is O=COc1c(-c2ccccc2)ccc2ccccc12. The third-order valence-electron chi connectivity index (χ3n) is 3.13. The summed E-state index contributed by atoms with van der Waals surface area (Å²) in [6.07, 6.45) is 0. The zero-order valence-corrected chi connectivity index (χ0v) is 10.2. The van der Waals surface area contributed by atoms with Crippen LogP contribution >= 0.6 is 0 Å². The minimum absolute atomic E-state index is 0.480. The third kappa shape index (κ3) is 2.08. The second-order valence-corrected chi connectivity index (χ2v) is 4.24. The van der Waals surface area contributed by atoms with Crippen LogP contribution in [-0.4, -0.2) is 6.47 Å². The summed E-state index contributed by atoms with van der Waals surface area (Å²) in [5.41, 5.74) is 1.96. The van der Waals surface area contributed by atoms with Gasteiger partial charge in [0.1, 0.15) is 5.75 Å². The van der Waals surface area contributed by atoms with Crippen molar-refractivity contribution < 1.29 is 9.53 Å². The van der Waals surface area contributed by atoms with Crippen molar-refractivity contribution in [3.63, 3.8) is 0 Å². The standard InChI is InChI=1S/C17H12O2/c18-12-19-17-15-9-5-4-8-14(15)10-11-16(17)13-6-2-1-3-7-13/h1-12H. The molecule has 3 aromatic rings. The van der Waals surface area contributed by atoms with Gasteiger partial charge in [-0.1, -0.05) is 60.7 Å². The first-order valence-corrected chi connectivity index (χ1v) is 6.07. The summed E-state index contributed by atoms with van der Waals surface area (Å²) in [5, 5.41) is 2.00. The van der Waals surface area contributed by atoms with Crippen molar-refractivity contribution in [2.45, 2.75) is 0 Å². The molecular weight excluding hydrogens is 236 g/mol. The van der Waals surface area contributed by atoms with E-state index in [1.54, 1.807) is 0 Å². The van der Waals surface area contributed by atoms with Gasteiger partial charge in [0.25, 0.3) is 6.47 Å². The minimum atomic E-state index is 0.480. The largest absolute Gasteiger partial charge is 0.427 e. The second-order valence-electron chi connectivity index (χ2n) is 4.24. The molecule has 0 saturated heterocycles. The maximum absolute atomic E-state index is 10.8. The molecule has 0 heterocycles. The highest BCUT2D eigenvalue weighted by atomic mass is 16.5. The fraction of sp³-hybridized carbons (Fsp3) is 0. The lowest BCUT2D eigenvalue weighted by molar-refractivity contribution is -0.120. The molecule has 3 aromatic carbocycles. The van der Waals surface area contributed by atoms with Crippen molar-refractivity contribution in [3.05, 3.63) is 66.7 Å². The first-order chi connectivity index (χ1) is 9.40. The highest BCUT2D eigenvalue weighted by molar-refractivity contribution is 5.95. The number of hydrogen-bond donors (Lipinski definition) is 0. The molecule has 92 valence electrons. The average molecular weight is 248 g/mol. The van der Waals surface area contributed by atoms with Crippen LogP contribution in [0.15, 0.2) is 66.7 Å². The molecule has 0 aliphatic rings. The summed E-state index contributed by atoms with van der Waals surface area (Å²) in [6.45, 7) is 0.480. The molecule has 0 N–H and O–H groups in total. The van der Waals surface area contributed by atoms with Crippen LogP contribution in [0.5, 0.6) is 5.75 Å². The van der Waals surface area contributed by atoms with Crippen molar-refractivity contribution in [1.82, 2.24) is 0 Å². The van der Waals surface area contributed by atoms with Gasteiger partial charge in [-0.3, -0.25) is 4.79 Å². The molecular formula is C17H12O2. The Labute approximate surface area is 111 Å². The molecule has 2 nitrogen and oxygen atoms in total. The van der Waals surface area contributed by atoms with E-state index < -0.39 is 0 Å². The lowest BCUT2D eigenvalue weighted by atomic mass is 10.00. The van der Waals surface area contributed by atoms with Gasteiger partial charge >= 0.3 is 0 Å². The van der Waals surface area contributed by atoms with Gasteiger partial charge in [0.05, 0.1) is 0 Å². The van der Waals surface area contributed by atoms with Crippen molar-refractivity contribution in [1.29, 1.82) is 0 Å². The Morgan fingerprint density at radius 2 is 1.53 bits per heavy atom. The van der Waals surface area contributed by atoms with Crippen molar-refractivity contribution in [2.75, 3.05) is 0 Å². The van der Waals surface area contributed by atoms with E-state index in [1.165, 1.54) is 0 Å². The van der Waals surface area contributed by atoms with Crippen LogP contribution in [0.1, 0.15) is 0 Å². The Hall–Kier alpha value is -2.61. The Morgan fingerprint density at radius 1 is 0.789 bits per heavy atom. The zero-order chi connectivity index (χ0) is 13.1. The van der Waals surface area contributed by atoms with E-state index >= 15 is 0 Å². The fourth-order valence-corrected chi connectivity index (χ4v) is 2.26. The van der Waals surface area contributed by atoms with Gasteiger partial charge in [-0.2, -0.15) is 0 Å². The molecule has 0 fully saturated rings. The number of rotatable bonds is 3. The quantitative estimate of drug-likeness (QED) is 0.654. The molecule has 0 radical (unpaired) electrons. The summed E-state index contributed by atoms with van der Waals surface area (Å²) in [6, 6.07) is 21.8. The maximum Gasteiger partial charge on any atom is 0.298 e. The molecule has 0 unspecified atom stereocenters. The van der Waals surface area contributed by atoms with Crippen LogP contribution in [0.2, 0.25) is 0 Å². The highest BCUT2D eigenvalue weighted by Crippen LogP contribution is 2.36. The fourth-order valence-electron chi connectivity index (χ4n) is 2.26. The van der Waals surface area contributed by atoms with Crippen LogP contribution in [0.3, 0.4) is 0 Å². The Bertz CT molecular complexity index is 718. The number of fused-ring (bicyclic) bond motifs is 1. The Balaban J connectivity index is 2.30. The topological polar surface area (TPSA) is 26.3 Å². The zero-order valence-electron chi connectivity index (χ0n) is 10.2. The summed E-state index contributed by atoms with van der Waals surface area (Å²) in [5.74, 6) is 0.610. The van der Waals surface area contributed by atoms with E-state index in [0.717, 1.165) is 21.9 Å². The van der Waals surface area contributed by atoms with Crippen molar-refractivity contribution in [3.8, 4) is 16.9 Å². The van der Waals surface area contributed by atoms with Crippen LogP contribution in [-0.2, 0) is 4.79 Å². The van der Waals surface area contributed by atoms with Gasteiger partial charge in [-0.15, -0.1) is 0 Å². The van der Waals surface area contributed by atoms with E-state index in [-0.39, 0.29) is 0 Å². The van der Waals surface area contributed by atoms with E-state index in [2.05, 4.69) is 0 Å². The van der Waals surface area contributed by atoms with E-state index in [9.17, 15) is 4.79 Å². The monoisotopic (exact) mass is 248 g/mol. The van der Waals surface area contributed by atoms with E-state index in [1.807, 2.05) is 66.7 Å². The molecule has 19 heavy (non-hydrogen) atoms. The lowest BCUT2D eigenvalue weighted by Gasteiger charge is -2.11. The van der Waals surface area contributed by atoms with Gasteiger partial charge in [-0.05, 0) is 17.0 Å². The normalized spacial score (nSPS) is 10.3. The molecule has 0 bridgehead atoms. The van der Waals surface area contributed by atoms with Gasteiger partial charge in [0.2, 0.25) is 0 Å². The number of benzene rings is 3. The first kappa shape index (κ1) is 11.5. The third-order valence-corrected chi connectivity index (χ3v) is 3.13. The van der Waals surface area contributed by atoms with Crippen LogP contribution in [0.25, 0.3) is 21.9 Å². The van der Waals surface area contributed by atoms with Crippen LogP contribution in [0, 0.1) is 0 Å². The molecule has 0 aliphatic carbocycles. The number of hydrogen-bond acceptors (Lipinski definition) is 2. The van der Waals surface area contributed by atoms with Crippen LogP contribution < -0.4 is 4.74 Å². The molecule has 0 aliphatic heterocycles. The van der Waals surface area contributed by atoms with Gasteiger partial charge in [0, 0.05) is 10.9 Å².